The molecule has 0 radical (unpaired) electrons. The van der Waals surface area contributed by atoms with Crippen LogP contribution in [0.5, 0.6) is 0 Å². The molecule has 1 aromatic carbocycles. The lowest BCUT2D eigenvalue weighted by atomic mass is 9.69. The van der Waals surface area contributed by atoms with E-state index in [1.54, 1.807) is 0 Å². The van der Waals surface area contributed by atoms with Gasteiger partial charge in [0.05, 0.1) is 12.1 Å². The smallest absolute Gasteiger partial charge is 0.228 e. The number of rotatable bonds is 2. The fourth-order valence-corrected chi connectivity index (χ4v) is 4.59. The van der Waals surface area contributed by atoms with E-state index in [1.165, 1.54) is 22.5 Å². The van der Waals surface area contributed by atoms with Crippen molar-refractivity contribution in [2.24, 2.45) is 0 Å². The lowest BCUT2D eigenvalue weighted by Crippen LogP contribution is -2.52. The van der Waals surface area contributed by atoms with Gasteiger partial charge in [-0.3, -0.25) is 4.79 Å². The summed E-state index contributed by atoms with van der Waals surface area (Å²) in [6.45, 7) is 3.59. The third-order valence-corrected chi connectivity index (χ3v) is 6.07. The predicted octanol–water partition coefficient (Wildman–Crippen LogP) is 1.93. The number of aromatic nitrogens is 1. The average Bonchev–Trinajstić information content (AvgIpc) is 3.01. The van der Waals surface area contributed by atoms with E-state index in [4.69, 9.17) is 5.73 Å². The number of anilines is 1. The molecule has 5 nitrogen and oxygen atoms in total. The Hall–Kier alpha value is -1.92. The maximum Gasteiger partial charge on any atom is 0.228 e. The second kappa shape index (κ2) is 6.18. The highest BCUT2D eigenvalue weighted by Gasteiger charge is 2.40. The van der Waals surface area contributed by atoms with Crippen molar-refractivity contribution >= 4 is 22.4 Å². The Morgan fingerprint density at radius 3 is 2.88 bits per heavy atom. The van der Waals surface area contributed by atoms with Crippen LogP contribution in [0.1, 0.15) is 29.7 Å². The van der Waals surface area contributed by atoms with Gasteiger partial charge in [-0.2, -0.15) is 0 Å². The van der Waals surface area contributed by atoms with Crippen molar-refractivity contribution in [1.82, 2.24) is 15.2 Å². The summed E-state index contributed by atoms with van der Waals surface area (Å²) in [5.41, 5.74) is 9.49. The van der Waals surface area contributed by atoms with Gasteiger partial charge in [-0.05, 0) is 24.0 Å². The Labute approximate surface area is 145 Å². The molecule has 126 valence electrons. The molecule has 1 saturated heterocycles. The van der Waals surface area contributed by atoms with Crippen LogP contribution in [-0.2, 0) is 23.2 Å². The van der Waals surface area contributed by atoms with Crippen LogP contribution in [0.25, 0.3) is 0 Å². The third-order valence-electron chi connectivity index (χ3n) is 5.34. The van der Waals surface area contributed by atoms with E-state index >= 15 is 0 Å². The topological polar surface area (TPSA) is 71.2 Å². The van der Waals surface area contributed by atoms with Crippen LogP contribution in [0.2, 0.25) is 0 Å². The van der Waals surface area contributed by atoms with E-state index in [0.717, 1.165) is 44.7 Å². The Balaban J connectivity index is 1.45. The zero-order chi connectivity index (χ0) is 16.6. The molecule has 2 aliphatic heterocycles. The first-order chi connectivity index (χ1) is 11.7. The monoisotopic (exact) mass is 342 g/mol. The minimum absolute atomic E-state index is 0.159. The molecule has 2 aromatic rings. The molecule has 0 aliphatic carbocycles. The van der Waals surface area contributed by atoms with Gasteiger partial charge in [-0.15, -0.1) is 11.3 Å². The van der Waals surface area contributed by atoms with E-state index in [0.29, 0.717) is 11.6 Å². The quantitative estimate of drug-likeness (QED) is 0.875. The molecule has 4 rings (SSSR count). The lowest BCUT2D eigenvalue weighted by Gasteiger charge is -2.45. The summed E-state index contributed by atoms with van der Waals surface area (Å²) in [5, 5.41) is 5.97. The highest BCUT2D eigenvalue weighted by molar-refractivity contribution is 7.13. The van der Waals surface area contributed by atoms with Crippen molar-refractivity contribution in [2.75, 3.05) is 25.4 Å². The number of benzene rings is 1. The van der Waals surface area contributed by atoms with Crippen molar-refractivity contribution < 1.29 is 4.79 Å². The van der Waals surface area contributed by atoms with E-state index in [-0.39, 0.29) is 11.3 Å². The Kier molecular flexibility index (Phi) is 4.02. The van der Waals surface area contributed by atoms with Gasteiger partial charge in [0.1, 0.15) is 0 Å². The highest BCUT2D eigenvalue weighted by Crippen LogP contribution is 2.39. The predicted molar refractivity (Wildman–Crippen MR) is 95.9 cm³/mol. The first-order valence-corrected chi connectivity index (χ1v) is 9.31. The molecule has 24 heavy (non-hydrogen) atoms. The van der Waals surface area contributed by atoms with Crippen LogP contribution >= 0.6 is 11.3 Å². The second-order valence-electron chi connectivity index (χ2n) is 6.78. The summed E-state index contributed by atoms with van der Waals surface area (Å²) in [6, 6.07) is 8.73. The fraction of sp³-hybridized carbons (Fsp3) is 0.444. The standard InChI is InChI=1S/C18H22N4OS/c19-17-21-14(11-24-17)9-16(23)22-7-5-18(6-8-22)12-20-10-13-3-1-2-4-15(13)18/h1-4,11,20H,5-10,12H2,(H2,19,21). The number of carbonyl (C=O) groups excluding carboxylic acids is 1. The molecule has 6 heteroatoms. The summed E-state index contributed by atoms with van der Waals surface area (Å²) in [7, 11) is 0. The summed E-state index contributed by atoms with van der Waals surface area (Å²) >= 11 is 1.39. The van der Waals surface area contributed by atoms with Crippen molar-refractivity contribution in [3.63, 3.8) is 0 Å². The number of nitrogen functional groups attached to an aromatic ring is 1. The SMILES string of the molecule is Nc1nc(CC(=O)N2CCC3(CC2)CNCc2ccccc23)cs1. The van der Waals surface area contributed by atoms with Crippen LogP contribution in [0.15, 0.2) is 29.6 Å². The summed E-state index contributed by atoms with van der Waals surface area (Å²) < 4.78 is 0. The third kappa shape index (κ3) is 2.80. The lowest BCUT2D eigenvalue weighted by molar-refractivity contribution is -0.132. The van der Waals surface area contributed by atoms with Gasteiger partial charge in [0.25, 0.3) is 0 Å². The molecule has 1 amide bonds. The van der Waals surface area contributed by atoms with E-state index < -0.39 is 0 Å². The van der Waals surface area contributed by atoms with E-state index in [1.807, 2.05) is 10.3 Å². The van der Waals surface area contributed by atoms with Crippen LogP contribution in [-0.4, -0.2) is 35.4 Å². The Morgan fingerprint density at radius 2 is 2.12 bits per heavy atom. The normalized spacial score (nSPS) is 19.2. The van der Waals surface area contributed by atoms with Crippen molar-refractivity contribution in [3.05, 3.63) is 46.5 Å². The number of nitrogens with one attached hydrogen (secondary N) is 1. The summed E-state index contributed by atoms with van der Waals surface area (Å²) in [5.74, 6) is 0.159. The molecular formula is C18H22N4OS. The Morgan fingerprint density at radius 1 is 1.33 bits per heavy atom. The molecular weight excluding hydrogens is 320 g/mol. The number of amides is 1. The fourth-order valence-electron chi connectivity index (χ4n) is 4.02. The maximum atomic E-state index is 12.5. The van der Waals surface area contributed by atoms with Gasteiger partial charge >= 0.3 is 0 Å². The van der Waals surface area contributed by atoms with E-state index in [2.05, 4.69) is 34.6 Å². The minimum Gasteiger partial charge on any atom is -0.375 e. The molecule has 0 unspecified atom stereocenters. The number of nitrogens with two attached hydrogens (primary N) is 1. The van der Waals surface area contributed by atoms with Gasteiger partial charge in [-0.25, -0.2) is 4.98 Å². The molecule has 1 aromatic heterocycles. The van der Waals surface area contributed by atoms with Crippen LogP contribution < -0.4 is 11.1 Å². The van der Waals surface area contributed by atoms with Crippen molar-refractivity contribution in [1.29, 1.82) is 0 Å². The van der Waals surface area contributed by atoms with Gasteiger partial charge in [0.15, 0.2) is 5.13 Å². The van der Waals surface area contributed by atoms with Crippen molar-refractivity contribution in [3.8, 4) is 0 Å². The maximum absolute atomic E-state index is 12.5. The zero-order valence-corrected chi connectivity index (χ0v) is 14.4. The number of carbonyl (C=O) groups is 1. The van der Waals surface area contributed by atoms with Gasteiger partial charge < -0.3 is 16.0 Å². The van der Waals surface area contributed by atoms with Crippen molar-refractivity contribution in [2.45, 2.75) is 31.2 Å². The molecule has 3 N–H and O–H groups in total. The minimum atomic E-state index is 0.159. The second-order valence-corrected chi connectivity index (χ2v) is 7.67. The summed E-state index contributed by atoms with van der Waals surface area (Å²) in [4.78, 5) is 18.7. The van der Waals surface area contributed by atoms with E-state index in [9.17, 15) is 4.79 Å². The molecule has 0 bridgehead atoms. The molecule has 0 atom stereocenters. The number of piperidine rings is 1. The number of fused-ring (bicyclic) bond motifs is 2. The number of thiazole rings is 1. The number of nitrogens with zero attached hydrogens (tertiary/aromatic N) is 2. The number of hydrogen-bond donors (Lipinski definition) is 2. The highest BCUT2D eigenvalue weighted by atomic mass is 32.1. The first-order valence-electron chi connectivity index (χ1n) is 8.43. The molecule has 0 saturated carbocycles. The molecule has 1 spiro atoms. The molecule has 1 fully saturated rings. The first kappa shape index (κ1) is 15.6. The van der Waals surface area contributed by atoms with Gasteiger partial charge in [0, 0.05) is 37.0 Å². The molecule has 3 heterocycles. The van der Waals surface area contributed by atoms with Crippen LogP contribution in [0.3, 0.4) is 0 Å². The zero-order valence-electron chi connectivity index (χ0n) is 13.6. The number of likely N-dealkylation sites (tertiary alicyclic amines) is 1. The average molecular weight is 342 g/mol. The Bertz CT molecular complexity index is 749. The van der Waals surface area contributed by atoms with Gasteiger partial charge in [-0.1, -0.05) is 24.3 Å². The van der Waals surface area contributed by atoms with Crippen LogP contribution in [0, 0.1) is 0 Å². The largest absolute Gasteiger partial charge is 0.375 e. The number of hydrogen-bond acceptors (Lipinski definition) is 5. The molecule has 2 aliphatic rings. The van der Waals surface area contributed by atoms with Gasteiger partial charge in [0.2, 0.25) is 5.91 Å². The van der Waals surface area contributed by atoms with Crippen LogP contribution in [0.4, 0.5) is 5.13 Å². The summed E-state index contributed by atoms with van der Waals surface area (Å²) in [6.07, 6.45) is 2.39.